The number of benzene rings is 1. The van der Waals surface area contributed by atoms with E-state index in [9.17, 15) is 4.79 Å². The zero-order valence-electron chi connectivity index (χ0n) is 17.6. The van der Waals surface area contributed by atoms with Crippen LogP contribution in [0, 0.1) is 13.8 Å². The van der Waals surface area contributed by atoms with Crippen LogP contribution in [-0.2, 0) is 13.1 Å². The van der Waals surface area contributed by atoms with Crippen LogP contribution in [0.3, 0.4) is 0 Å². The summed E-state index contributed by atoms with van der Waals surface area (Å²) in [5.74, 6) is -0.0916. The Morgan fingerprint density at radius 2 is 2.00 bits per heavy atom. The third-order valence-corrected chi connectivity index (χ3v) is 5.15. The molecule has 1 amide bonds. The van der Waals surface area contributed by atoms with Crippen molar-refractivity contribution in [2.24, 2.45) is 0 Å². The number of carbonyl (C=O) groups is 1. The number of hydrogen-bond acceptors (Lipinski definition) is 4. The Labute approximate surface area is 175 Å². The van der Waals surface area contributed by atoms with E-state index in [1.54, 1.807) is 6.20 Å². The maximum atomic E-state index is 13.0. The minimum atomic E-state index is -0.0916. The highest BCUT2D eigenvalue weighted by Crippen LogP contribution is 2.24. The number of para-hydroxylation sites is 1. The summed E-state index contributed by atoms with van der Waals surface area (Å²) in [7, 11) is 0. The predicted octanol–water partition coefficient (Wildman–Crippen LogP) is 3.75. The molecule has 0 aliphatic rings. The highest BCUT2D eigenvalue weighted by atomic mass is 16.1. The molecule has 3 heterocycles. The molecule has 7 nitrogen and oxygen atoms in total. The number of nitrogens with zero attached hydrogens (tertiary/aromatic N) is 5. The topological polar surface area (TPSA) is 77.6 Å². The molecular weight excluding hydrogens is 376 g/mol. The van der Waals surface area contributed by atoms with Gasteiger partial charge in [0.2, 0.25) is 0 Å². The zero-order valence-corrected chi connectivity index (χ0v) is 17.6. The van der Waals surface area contributed by atoms with Crippen molar-refractivity contribution in [2.45, 2.75) is 40.3 Å². The summed E-state index contributed by atoms with van der Waals surface area (Å²) in [4.78, 5) is 17.7. The molecule has 0 radical (unpaired) electrons. The van der Waals surface area contributed by atoms with Crippen molar-refractivity contribution in [3.05, 3.63) is 65.7 Å². The predicted molar refractivity (Wildman–Crippen MR) is 117 cm³/mol. The Bertz CT molecular complexity index is 1190. The summed E-state index contributed by atoms with van der Waals surface area (Å²) in [5.41, 5.74) is 5.23. The zero-order chi connectivity index (χ0) is 21.1. The van der Waals surface area contributed by atoms with Crippen LogP contribution in [0.2, 0.25) is 0 Å². The van der Waals surface area contributed by atoms with Gasteiger partial charge in [0.25, 0.3) is 5.91 Å². The second-order valence-electron chi connectivity index (χ2n) is 7.42. The molecule has 0 spiro atoms. The largest absolute Gasteiger partial charge is 0.352 e. The Morgan fingerprint density at radius 1 is 1.17 bits per heavy atom. The fourth-order valence-electron chi connectivity index (χ4n) is 3.61. The number of aromatic nitrogens is 5. The lowest BCUT2D eigenvalue weighted by atomic mass is 10.0. The number of pyridine rings is 1. The summed E-state index contributed by atoms with van der Waals surface area (Å²) in [6, 6.07) is 11.7. The maximum absolute atomic E-state index is 13.0. The highest BCUT2D eigenvalue weighted by molar-refractivity contribution is 6.07. The van der Waals surface area contributed by atoms with Crippen molar-refractivity contribution in [3.63, 3.8) is 0 Å². The maximum Gasteiger partial charge on any atom is 0.252 e. The number of hydrogen-bond donors (Lipinski definition) is 1. The van der Waals surface area contributed by atoms with Gasteiger partial charge in [-0.3, -0.25) is 14.2 Å². The van der Waals surface area contributed by atoms with Crippen molar-refractivity contribution < 1.29 is 4.79 Å². The van der Waals surface area contributed by atoms with Gasteiger partial charge in [0.1, 0.15) is 0 Å². The molecule has 0 fully saturated rings. The number of carbonyl (C=O) groups excluding carboxylic acids is 1. The van der Waals surface area contributed by atoms with Gasteiger partial charge in [0.15, 0.2) is 0 Å². The molecule has 0 aliphatic carbocycles. The van der Waals surface area contributed by atoms with E-state index < -0.39 is 0 Å². The fraction of sp³-hybridized carbons (Fsp3) is 0.304. The first-order valence-corrected chi connectivity index (χ1v) is 10.3. The standard InChI is InChI=1S/C23H26N6O/c1-4-28-15-18(14-25-28)22-13-20(19-8-5-6-9-21(19)26-22)23(30)24-10-7-11-29-17(3)12-16(2)27-29/h5-6,8-9,12-15H,4,7,10-11H2,1-3H3,(H,24,30). The van der Waals surface area contributed by atoms with Crippen molar-refractivity contribution in [2.75, 3.05) is 6.54 Å². The molecule has 0 unspecified atom stereocenters. The normalized spacial score (nSPS) is 11.2. The third kappa shape index (κ3) is 4.10. The Morgan fingerprint density at radius 3 is 2.73 bits per heavy atom. The van der Waals surface area contributed by atoms with Crippen molar-refractivity contribution in [1.82, 2.24) is 29.9 Å². The first kappa shape index (κ1) is 19.8. The van der Waals surface area contributed by atoms with Crippen molar-refractivity contribution in [3.8, 4) is 11.3 Å². The van der Waals surface area contributed by atoms with Crippen molar-refractivity contribution in [1.29, 1.82) is 0 Å². The third-order valence-electron chi connectivity index (χ3n) is 5.15. The summed E-state index contributed by atoms with van der Waals surface area (Å²) < 4.78 is 3.83. The molecule has 1 N–H and O–H groups in total. The lowest BCUT2D eigenvalue weighted by Crippen LogP contribution is -2.26. The molecule has 0 saturated carbocycles. The van der Waals surface area contributed by atoms with Gasteiger partial charge in [0, 0.05) is 42.5 Å². The minimum absolute atomic E-state index is 0.0916. The van der Waals surface area contributed by atoms with E-state index in [-0.39, 0.29) is 5.91 Å². The summed E-state index contributed by atoms with van der Waals surface area (Å²) in [5, 5.41) is 12.7. The van der Waals surface area contributed by atoms with Gasteiger partial charge in [-0.15, -0.1) is 0 Å². The lowest BCUT2D eigenvalue weighted by Gasteiger charge is -2.10. The molecule has 7 heteroatoms. The average molecular weight is 403 g/mol. The van der Waals surface area contributed by atoms with E-state index in [1.807, 2.05) is 66.7 Å². The van der Waals surface area contributed by atoms with Gasteiger partial charge >= 0.3 is 0 Å². The monoisotopic (exact) mass is 402 g/mol. The molecule has 0 saturated heterocycles. The Kier molecular flexibility index (Phi) is 5.61. The Balaban J connectivity index is 1.53. The summed E-state index contributed by atoms with van der Waals surface area (Å²) in [6.45, 7) is 8.21. The number of fused-ring (bicyclic) bond motifs is 1. The number of rotatable bonds is 7. The van der Waals surface area contributed by atoms with Gasteiger partial charge in [-0.25, -0.2) is 4.98 Å². The molecule has 154 valence electrons. The van der Waals surface area contributed by atoms with Gasteiger partial charge in [-0.2, -0.15) is 10.2 Å². The van der Waals surface area contributed by atoms with Crippen LogP contribution in [0.4, 0.5) is 0 Å². The van der Waals surface area contributed by atoms with E-state index in [0.717, 1.165) is 53.1 Å². The van der Waals surface area contributed by atoms with E-state index in [4.69, 9.17) is 4.98 Å². The van der Waals surface area contributed by atoms with Crippen LogP contribution in [0.25, 0.3) is 22.2 Å². The van der Waals surface area contributed by atoms with Gasteiger partial charge in [-0.05, 0) is 45.4 Å². The SMILES string of the molecule is CCn1cc(-c2cc(C(=O)NCCCn3nc(C)cc3C)c3ccccc3n2)cn1. The first-order chi connectivity index (χ1) is 14.5. The number of amides is 1. The second kappa shape index (κ2) is 8.49. The molecule has 3 aromatic heterocycles. The van der Waals surface area contributed by atoms with E-state index >= 15 is 0 Å². The summed E-state index contributed by atoms with van der Waals surface area (Å²) >= 11 is 0. The van der Waals surface area contributed by atoms with Gasteiger partial charge in [0.05, 0.1) is 28.7 Å². The minimum Gasteiger partial charge on any atom is -0.352 e. The van der Waals surface area contributed by atoms with Gasteiger partial charge in [-0.1, -0.05) is 18.2 Å². The molecule has 0 bridgehead atoms. The van der Waals surface area contributed by atoms with E-state index in [0.29, 0.717) is 12.1 Å². The molecule has 1 aromatic carbocycles. The smallest absolute Gasteiger partial charge is 0.252 e. The first-order valence-electron chi connectivity index (χ1n) is 10.3. The second-order valence-corrected chi connectivity index (χ2v) is 7.42. The van der Waals surface area contributed by atoms with E-state index in [2.05, 4.69) is 21.6 Å². The van der Waals surface area contributed by atoms with Crippen LogP contribution >= 0.6 is 0 Å². The highest BCUT2D eigenvalue weighted by Gasteiger charge is 2.14. The molecule has 0 atom stereocenters. The number of nitrogens with one attached hydrogen (secondary N) is 1. The molecule has 0 aliphatic heterocycles. The molecule has 4 rings (SSSR count). The lowest BCUT2D eigenvalue weighted by molar-refractivity contribution is 0.0954. The summed E-state index contributed by atoms with van der Waals surface area (Å²) in [6.07, 6.45) is 4.55. The van der Waals surface area contributed by atoms with Crippen molar-refractivity contribution >= 4 is 16.8 Å². The van der Waals surface area contributed by atoms with Gasteiger partial charge < -0.3 is 5.32 Å². The van der Waals surface area contributed by atoms with Crippen LogP contribution in [0.1, 0.15) is 35.1 Å². The van der Waals surface area contributed by atoms with E-state index in [1.165, 1.54) is 0 Å². The van der Waals surface area contributed by atoms with Crippen LogP contribution in [0.5, 0.6) is 0 Å². The molecule has 4 aromatic rings. The van der Waals surface area contributed by atoms with Crippen LogP contribution in [-0.4, -0.2) is 37.0 Å². The average Bonchev–Trinajstić information content (AvgIpc) is 3.36. The van der Waals surface area contributed by atoms with Crippen LogP contribution in [0.15, 0.2) is 48.8 Å². The number of aryl methyl sites for hydroxylation is 4. The van der Waals surface area contributed by atoms with Crippen LogP contribution < -0.4 is 5.32 Å². The molecular formula is C23H26N6O. The molecule has 30 heavy (non-hydrogen) atoms. The quantitative estimate of drug-likeness (QED) is 0.478. The fourth-order valence-corrected chi connectivity index (χ4v) is 3.61. The Hall–Kier alpha value is -3.48.